The lowest BCUT2D eigenvalue weighted by molar-refractivity contribution is -0.134. The molecule has 0 rings (SSSR count). The Morgan fingerprint density at radius 3 is 2.05 bits per heavy atom. The van der Waals surface area contributed by atoms with Crippen molar-refractivity contribution in [2.75, 3.05) is 17.6 Å². The molecule has 0 aromatic heterocycles. The first-order valence-electron chi connectivity index (χ1n) is 6.20. The zero-order valence-corrected chi connectivity index (χ0v) is 13.6. The van der Waals surface area contributed by atoms with Crippen LogP contribution in [0.5, 0.6) is 0 Å². The zero-order chi connectivity index (χ0) is 15.2. The summed E-state index contributed by atoms with van der Waals surface area (Å²) in [4.78, 5) is 0. The van der Waals surface area contributed by atoms with Crippen LogP contribution in [0.3, 0.4) is 0 Å². The summed E-state index contributed by atoms with van der Waals surface area (Å²) in [6.45, 7) is 4.17. The molecule has 0 aliphatic heterocycles. The summed E-state index contributed by atoms with van der Waals surface area (Å²) in [7, 11) is -3.64. The Hall–Kier alpha value is 0.180. The first kappa shape index (κ1) is 19.2. The van der Waals surface area contributed by atoms with E-state index in [1.807, 2.05) is 13.8 Å². The van der Waals surface area contributed by atoms with Gasteiger partial charge in [-0.3, -0.25) is 0 Å². The molecule has 0 fully saturated rings. The Bertz CT molecular complexity index is 345. The molecule has 0 aromatic rings. The van der Waals surface area contributed by atoms with Gasteiger partial charge in [-0.2, -0.15) is 13.2 Å². The van der Waals surface area contributed by atoms with Crippen molar-refractivity contribution in [1.29, 1.82) is 0 Å². The molecule has 0 unspecified atom stereocenters. The van der Waals surface area contributed by atoms with Gasteiger partial charge in [-0.25, -0.2) is 13.1 Å². The van der Waals surface area contributed by atoms with Gasteiger partial charge in [0.05, 0.1) is 5.75 Å². The third kappa shape index (κ3) is 8.14. The molecule has 0 bridgehead atoms. The average Bonchev–Trinajstić information content (AvgIpc) is 2.29. The fourth-order valence-corrected chi connectivity index (χ4v) is 3.72. The molecule has 0 aliphatic rings. The van der Waals surface area contributed by atoms with Gasteiger partial charge in [0.1, 0.15) is 0 Å². The van der Waals surface area contributed by atoms with Crippen LogP contribution in [0.2, 0.25) is 0 Å². The fraction of sp³-hybridized carbons (Fsp3) is 1.00. The standard InChI is InChI=1S/C11H21BrF3NO2S/c1-3-10(4-2,8-12)9-16-19(17,18)7-5-6-11(13,14)15/h16H,3-9H2,1-2H3. The van der Waals surface area contributed by atoms with Crippen molar-refractivity contribution >= 4 is 26.0 Å². The van der Waals surface area contributed by atoms with Crippen LogP contribution in [0.25, 0.3) is 0 Å². The Morgan fingerprint density at radius 1 is 1.16 bits per heavy atom. The van der Waals surface area contributed by atoms with Gasteiger partial charge in [0.15, 0.2) is 0 Å². The smallest absolute Gasteiger partial charge is 0.215 e. The van der Waals surface area contributed by atoms with E-state index in [0.29, 0.717) is 5.33 Å². The number of halogens is 4. The third-order valence-electron chi connectivity index (χ3n) is 3.32. The largest absolute Gasteiger partial charge is 0.389 e. The normalized spacial score (nSPS) is 13.8. The van der Waals surface area contributed by atoms with E-state index in [2.05, 4.69) is 20.7 Å². The first-order chi connectivity index (χ1) is 8.60. The quantitative estimate of drug-likeness (QED) is 0.634. The van der Waals surface area contributed by atoms with Gasteiger partial charge >= 0.3 is 6.18 Å². The SMILES string of the molecule is CCC(CC)(CBr)CNS(=O)(=O)CCCC(F)(F)F. The van der Waals surface area contributed by atoms with Crippen LogP contribution >= 0.6 is 15.9 Å². The minimum absolute atomic E-state index is 0.183. The van der Waals surface area contributed by atoms with Crippen molar-refractivity contribution < 1.29 is 21.6 Å². The van der Waals surface area contributed by atoms with Crippen LogP contribution < -0.4 is 4.72 Å². The van der Waals surface area contributed by atoms with Gasteiger partial charge in [-0.15, -0.1) is 0 Å². The monoisotopic (exact) mass is 367 g/mol. The molecule has 3 nitrogen and oxygen atoms in total. The van der Waals surface area contributed by atoms with E-state index in [9.17, 15) is 21.6 Å². The highest BCUT2D eigenvalue weighted by Gasteiger charge is 2.29. The summed E-state index contributed by atoms with van der Waals surface area (Å²) in [6.07, 6.45) is -4.20. The predicted octanol–water partition coefficient (Wildman–Crippen LogP) is 3.45. The minimum atomic E-state index is -4.30. The molecule has 0 spiro atoms. The van der Waals surface area contributed by atoms with Crippen molar-refractivity contribution in [3.63, 3.8) is 0 Å². The number of hydrogen-bond donors (Lipinski definition) is 1. The Morgan fingerprint density at radius 2 is 1.68 bits per heavy atom. The van der Waals surface area contributed by atoms with E-state index in [4.69, 9.17) is 0 Å². The van der Waals surface area contributed by atoms with Crippen LogP contribution in [-0.2, 0) is 10.0 Å². The van der Waals surface area contributed by atoms with Crippen LogP contribution in [0, 0.1) is 5.41 Å². The van der Waals surface area contributed by atoms with Gasteiger partial charge < -0.3 is 0 Å². The molecule has 116 valence electrons. The summed E-state index contributed by atoms with van der Waals surface area (Å²) >= 11 is 3.36. The molecular weight excluding hydrogens is 347 g/mol. The second-order valence-corrected chi connectivity index (χ2v) is 7.19. The maximum atomic E-state index is 11.9. The number of rotatable bonds is 9. The lowest BCUT2D eigenvalue weighted by Gasteiger charge is -2.29. The van der Waals surface area contributed by atoms with Crippen LogP contribution in [0.4, 0.5) is 13.2 Å². The van der Waals surface area contributed by atoms with E-state index in [-0.39, 0.29) is 12.0 Å². The Labute approximate surface area is 121 Å². The van der Waals surface area contributed by atoms with Crippen molar-refractivity contribution in [1.82, 2.24) is 4.72 Å². The van der Waals surface area contributed by atoms with Crippen molar-refractivity contribution in [3.8, 4) is 0 Å². The van der Waals surface area contributed by atoms with Crippen LogP contribution in [0.15, 0.2) is 0 Å². The molecular formula is C11H21BrF3NO2S. The van der Waals surface area contributed by atoms with Crippen LogP contribution in [0.1, 0.15) is 39.5 Å². The lowest BCUT2D eigenvalue weighted by Crippen LogP contribution is -2.39. The molecule has 0 saturated heterocycles. The highest BCUT2D eigenvalue weighted by molar-refractivity contribution is 9.09. The van der Waals surface area contributed by atoms with E-state index in [1.165, 1.54) is 0 Å². The van der Waals surface area contributed by atoms with Gasteiger partial charge in [-0.1, -0.05) is 29.8 Å². The summed E-state index contributed by atoms with van der Waals surface area (Å²) in [5.41, 5.74) is -0.183. The third-order valence-corrected chi connectivity index (χ3v) is 5.92. The van der Waals surface area contributed by atoms with E-state index in [0.717, 1.165) is 12.8 Å². The predicted molar refractivity (Wildman–Crippen MR) is 73.9 cm³/mol. The molecule has 0 atom stereocenters. The Balaban J connectivity index is 4.31. The molecule has 0 saturated carbocycles. The molecule has 0 radical (unpaired) electrons. The Kier molecular flexibility index (Phi) is 7.90. The van der Waals surface area contributed by atoms with Gasteiger partial charge in [0.2, 0.25) is 10.0 Å². The maximum absolute atomic E-state index is 11.9. The number of nitrogens with one attached hydrogen (secondary N) is 1. The van der Waals surface area contributed by atoms with E-state index < -0.39 is 34.8 Å². The second-order valence-electron chi connectivity index (χ2n) is 4.70. The van der Waals surface area contributed by atoms with Crippen LogP contribution in [-0.4, -0.2) is 32.2 Å². The summed E-state index contributed by atoms with van der Waals surface area (Å²) < 4.78 is 61.5. The molecule has 0 aromatic carbocycles. The second kappa shape index (κ2) is 7.83. The summed E-state index contributed by atoms with van der Waals surface area (Å²) in [6, 6.07) is 0. The molecule has 1 N–H and O–H groups in total. The van der Waals surface area contributed by atoms with Gasteiger partial charge in [0.25, 0.3) is 0 Å². The lowest BCUT2D eigenvalue weighted by atomic mass is 9.85. The zero-order valence-electron chi connectivity index (χ0n) is 11.2. The highest BCUT2D eigenvalue weighted by Crippen LogP contribution is 2.28. The summed E-state index contributed by atoms with van der Waals surface area (Å²) in [5.74, 6) is -0.488. The van der Waals surface area contributed by atoms with Crippen molar-refractivity contribution in [3.05, 3.63) is 0 Å². The number of hydrogen-bond acceptors (Lipinski definition) is 2. The molecule has 19 heavy (non-hydrogen) atoms. The topological polar surface area (TPSA) is 46.2 Å². The summed E-state index contributed by atoms with van der Waals surface area (Å²) in [5, 5.41) is 0.651. The number of alkyl halides is 4. The van der Waals surface area contributed by atoms with Gasteiger partial charge in [-0.05, 0) is 24.7 Å². The fourth-order valence-electron chi connectivity index (χ4n) is 1.53. The molecule has 0 heterocycles. The molecule has 0 aliphatic carbocycles. The van der Waals surface area contributed by atoms with Gasteiger partial charge in [0, 0.05) is 18.3 Å². The van der Waals surface area contributed by atoms with Crippen molar-refractivity contribution in [2.24, 2.45) is 5.41 Å². The molecule has 8 heteroatoms. The molecule has 0 amide bonds. The maximum Gasteiger partial charge on any atom is 0.389 e. The number of sulfonamides is 1. The van der Waals surface area contributed by atoms with E-state index in [1.54, 1.807) is 0 Å². The van der Waals surface area contributed by atoms with Crippen molar-refractivity contribution in [2.45, 2.75) is 45.7 Å². The van der Waals surface area contributed by atoms with E-state index >= 15 is 0 Å². The minimum Gasteiger partial charge on any atom is -0.215 e. The first-order valence-corrected chi connectivity index (χ1v) is 8.97. The highest BCUT2D eigenvalue weighted by atomic mass is 79.9. The average molecular weight is 368 g/mol.